The third-order valence-electron chi connectivity index (χ3n) is 1.86. The summed E-state index contributed by atoms with van der Waals surface area (Å²) in [7, 11) is 0. The molecule has 6 heteroatoms. The Bertz CT molecular complexity index is 409. The Hall–Kier alpha value is -1.59. The molecular weight excluding hydrogens is 216 g/mol. The monoisotopic (exact) mass is 222 g/mol. The minimum atomic E-state index is -4.88. The second-order valence-corrected chi connectivity index (χ2v) is 2.92. The van der Waals surface area contributed by atoms with E-state index in [2.05, 4.69) is 0 Å². The lowest BCUT2D eigenvalue weighted by Crippen LogP contribution is -2.16. The highest BCUT2D eigenvalue weighted by molar-refractivity contribution is 5.90. The van der Waals surface area contributed by atoms with E-state index in [9.17, 15) is 22.4 Å². The minimum absolute atomic E-state index is 0.318. The molecule has 0 unspecified atom stereocenters. The van der Waals surface area contributed by atoms with Crippen molar-refractivity contribution in [2.45, 2.75) is 13.1 Å². The molecule has 0 amide bonds. The fourth-order valence-corrected chi connectivity index (χ4v) is 1.26. The first kappa shape index (κ1) is 11.5. The van der Waals surface area contributed by atoms with Crippen molar-refractivity contribution in [3.8, 4) is 0 Å². The third-order valence-corrected chi connectivity index (χ3v) is 1.86. The smallest absolute Gasteiger partial charge is 0.417 e. The second kappa shape index (κ2) is 3.52. The summed E-state index contributed by atoms with van der Waals surface area (Å²) in [5, 5.41) is 8.49. The van der Waals surface area contributed by atoms with Crippen LogP contribution >= 0.6 is 0 Å². The summed E-state index contributed by atoms with van der Waals surface area (Å²) in [6, 6.07) is 1.60. The van der Waals surface area contributed by atoms with Crippen LogP contribution in [0.4, 0.5) is 17.6 Å². The van der Waals surface area contributed by atoms with E-state index in [0.717, 1.165) is 13.0 Å². The van der Waals surface area contributed by atoms with Crippen molar-refractivity contribution in [3.63, 3.8) is 0 Å². The molecular formula is C9H6F4O2. The van der Waals surface area contributed by atoms with Crippen LogP contribution in [-0.2, 0) is 6.18 Å². The molecule has 1 rings (SSSR count). The molecule has 82 valence electrons. The second-order valence-electron chi connectivity index (χ2n) is 2.92. The van der Waals surface area contributed by atoms with Crippen LogP contribution in [0.15, 0.2) is 12.1 Å². The van der Waals surface area contributed by atoms with Crippen molar-refractivity contribution in [2.75, 3.05) is 0 Å². The van der Waals surface area contributed by atoms with Crippen LogP contribution < -0.4 is 0 Å². The number of hydrogen-bond acceptors (Lipinski definition) is 1. The summed E-state index contributed by atoms with van der Waals surface area (Å²) in [6.45, 7) is 1.08. The number of benzene rings is 1. The quantitative estimate of drug-likeness (QED) is 0.742. The molecule has 0 spiro atoms. The van der Waals surface area contributed by atoms with Crippen LogP contribution in [0.1, 0.15) is 21.5 Å². The largest absolute Gasteiger partial charge is 0.478 e. The van der Waals surface area contributed by atoms with Gasteiger partial charge in [-0.15, -0.1) is 0 Å². The maximum atomic E-state index is 12.9. The summed E-state index contributed by atoms with van der Waals surface area (Å²) < 4.78 is 50.2. The van der Waals surface area contributed by atoms with Crippen molar-refractivity contribution in [2.24, 2.45) is 0 Å². The van der Waals surface area contributed by atoms with Gasteiger partial charge in [-0.2, -0.15) is 13.2 Å². The molecule has 2 nitrogen and oxygen atoms in total. The van der Waals surface area contributed by atoms with Gasteiger partial charge in [0.05, 0.1) is 5.56 Å². The molecule has 0 saturated heterocycles. The normalized spacial score (nSPS) is 11.5. The minimum Gasteiger partial charge on any atom is -0.478 e. The average Bonchev–Trinajstić information content (AvgIpc) is 2.05. The molecule has 0 fully saturated rings. The Balaban J connectivity index is 3.60. The molecule has 0 bridgehead atoms. The predicted octanol–water partition coefficient (Wildman–Crippen LogP) is 2.85. The molecule has 0 atom stereocenters. The number of aryl methyl sites for hydroxylation is 1. The molecule has 0 heterocycles. The number of aromatic carboxylic acids is 1. The van der Waals surface area contributed by atoms with Crippen molar-refractivity contribution in [3.05, 3.63) is 34.6 Å². The lowest BCUT2D eigenvalue weighted by molar-refractivity contribution is -0.138. The third kappa shape index (κ3) is 2.08. The highest BCUT2D eigenvalue weighted by atomic mass is 19.4. The van der Waals surface area contributed by atoms with Crippen molar-refractivity contribution in [1.29, 1.82) is 0 Å². The van der Waals surface area contributed by atoms with Crippen molar-refractivity contribution in [1.82, 2.24) is 0 Å². The summed E-state index contributed by atoms with van der Waals surface area (Å²) in [4.78, 5) is 10.5. The number of halogens is 4. The Kier molecular flexibility index (Phi) is 2.70. The molecule has 0 radical (unpaired) electrons. The van der Waals surface area contributed by atoms with E-state index >= 15 is 0 Å². The molecule has 1 N–H and O–H groups in total. The van der Waals surface area contributed by atoms with E-state index in [1.165, 1.54) is 0 Å². The SMILES string of the molecule is Cc1ccc(F)c(C(=O)O)c1C(F)(F)F. The van der Waals surface area contributed by atoms with E-state index in [0.29, 0.717) is 6.07 Å². The average molecular weight is 222 g/mol. The summed E-state index contributed by atoms with van der Waals surface area (Å²) >= 11 is 0. The maximum Gasteiger partial charge on any atom is 0.417 e. The van der Waals surface area contributed by atoms with Crippen LogP contribution in [0, 0.1) is 12.7 Å². The highest BCUT2D eigenvalue weighted by Crippen LogP contribution is 2.35. The van der Waals surface area contributed by atoms with Gasteiger partial charge in [-0.3, -0.25) is 0 Å². The first-order valence-corrected chi connectivity index (χ1v) is 3.84. The predicted molar refractivity (Wildman–Crippen MR) is 43.1 cm³/mol. The number of hydrogen-bond donors (Lipinski definition) is 1. The van der Waals surface area contributed by atoms with Gasteiger partial charge in [0.1, 0.15) is 11.4 Å². The summed E-state index contributed by atoms with van der Waals surface area (Å²) in [5.74, 6) is -3.32. The zero-order chi connectivity index (χ0) is 11.8. The number of carboxylic acid groups (broad SMARTS) is 1. The Morgan fingerprint density at radius 3 is 2.20 bits per heavy atom. The van der Waals surface area contributed by atoms with Crippen LogP contribution in [-0.4, -0.2) is 11.1 Å². The van der Waals surface area contributed by atoms with Crippen LogP contribution in [0.2, 0.25) is 0 Å². The first-order chi connectivity index (χ1) is 6.75. The van der Waals surface area contributed by atoms with E-state index in [1.54, 1.807) is 0 Å². The van der Waals surface area contributed by atoms with E-state index in [4.69, 9.17) is 5.11 Å². The van der Waals surface area contributed by atoms with Gasteiger partial charge in [0.25, 0.3) is 0 Å². The standard InChI is InChI=1S/C9H6F4O2/c1-4-2-3-5(10)6(8(14)15)7(4)9(11,12)13/h2-3H,1H3,(H,14,15). The molecule has 1 aromatic rings. The van der Waals surface area contributed by atoms with Gasteiger partial charge in [0.2, 0.25) is 0 Å². The number of rotatable bonds is 1. The van der Waals surface area contributed by atoms with Gasteiger partial charge >= 0.3 is 12.1 Å². The van der Waals surface area contributed by atoms with Gasteiger partial charge in [0.15, 0.2) is 0 Å². The molecule has 15 heavy (non-hydrogen) atoms. The van der Waals surface area contributed by atoms with Gasteiger partial charge in [-0.25, -0.2) is 9.18 Å². The molecule has 0 aliphatic rings. The van der Waals surface area contributed by atoms with E-state index < -0.39 is 29.1 Å². The number of carboxylic acids is 1. The Morgan fingerprint density at radius 1 is 1.33 bits per heavy atom. The molecule has 0 saturated carbocycles. The van der Waals surface area contributed by atoms with Crippen LogP contribution in [0.5, 0.6) is 0 Å². The lowest BCUT2D eigenvalue weighted by atomic mass is 10.0. The van der Waals surface area contributed by atoms with Crippen molar-refractivity contribution < 1.29 is 27.5 Å². The number of carbonyl (C=O) groups is 1. The Morgan fingerprint density at radius 2 is 1.87 bits per heavy atom. The molecule has 0 aromatic heterocycles. The Labute approximate surface area is 82.1 Å². The topological polar surface area (TPSA) is 37.3 Å². The summed E-state index contributed by atoms with van der Waals surface area (Å²) in [6.07, 6.45) is -4.88. The van der Waals surface area contributed by atoms with Crippen molar-refractivity contribution >= 4 is 5.97 Å². The molecule has 0 aliphatic heterocycles. The lowest BCUT2D eigenvalue weighted by Gasteiger charge is -2.13. The zero-order valence-corrected chi connectivity index (χ0v) is 7.52. The molecule has 1 aromatic carbocycles. The van der Waals surface area contributed by atoms with Gasteiger partial charge in [-0.05, 0) is 18.6 Å². The first-order valence-electron chi connectivity index (χ1n) is 3.84. The molecule has 0 aliphatic carbocycles. The van der Waals surface area contributed by atoms with E-state index in [-0.39, 0.29) is 5.56 Å². The highest BCUT2D eigenvalue weighted by Gasteiger charge is 2.38. The van der Waals surface area contributed by atoms with Crippen LogP contribution in [0.25, 0.3) is 0 Å². The fourth-order valence-electron chi connectivity index (χ4n) is 1.26. The van der Waals surface area contributed by atoms with Crippen LogP contribution in [0.3, 0.4) is 0 Å². The number of alkyl halides is 3. The van der Waals surface area contributed by atoms with Gasteiger partial charge in [-0.1, -0.05) is 6.07 Å². The maximum absolute atomic E-state index is 12.9. The van der Waals surface area contributed by atoms with Gasteiger partial charge in [0, 0.05) is 0 Å². The fraction of sp³-hybridized carbons (Fsp3) is 0.222. The van der Waals surface area contributed by atoms with Gasteiger partial charge < -0.3 is 5.11 Å². The summed E-state index contributed by atoms with van der Waals surface area (Å²) in [5.41, 5.74) is -3.08. The zero-order valence-electron chi connectivity index (χ0n) is 7.52. The van der Waals surface area contributed by atoms with E-state index in [1.807, 2.05) is 0 Å².